The van der Waals surface area contributed by atoms with Crippen molar-refractivity contribution in [2.24, 2.45) is 23.7 Å². The van der Waals surface area contributed by atoms with Crippen LogP contribution in [0.1, 0.15) is 428 Å². The summed E-state index contributed by atoms with van der Waals surface area (Å²) in [4.78, 5) is 73.1. The average molecular weight is 1490 g/mol. The van der Waals surface area contributed by atoms with Crippen LogP contribution in [0.15, 0.2) is 0 Å². The van der Waals surface area contributed by atoms with Gasteiger partial charge in [0.15, 0.2) is 12.2 Å². The van der Waals surface area contributed by atoms with E-state index in [1.165, 1.54) is 225 Å². The number of unbranched alkanes of at least 4 members (excludes halogenated alkanes) is 44. The maximum atomic E-state index is 13.1. The first-order valence-electron chi connectivity index (χ1n) is 42.8. The molecule has 0 aliphatic carbocycles. The summed E-state index contributed by atoms with van der Waals surface area (Å²) in [7, 11) is -9.92. The van der Waals surface area contributed by atoms with E-state index < -0.39 is 97.5 Å². The second kappa shape index (κ2) is 72.0. The maximum Gasteiger partial charge on any atom is 0.472 e. The molecular weight excluding hydrogens is 1330 g/mol. The zero-order valence-corrected chi connectivity index (χ0v) is 69.0. The zero-order chi connectivity index (χ0) is 75.3. The predicted molar refractivity (Wildman–Crippen MR) is 418 cm³/mol. The van der Waals surface area contributed by atoms with Crippen LogP contribution in [0.2, 0.25) is 0 Å². The number of phosphoric acid groups is 2. The standard InChI is InChI=1S/C83H162O17P2/c1-9-75(7)61-53-45-37-33-34-40-50-58-66-83(88)100-79(70-94-81(86)64-56-48-42-41-46-54-62-76(8)10-2)72-98-102(91,92)96-68-77(84)67-95-101(89,90)97-71-78(69-93-80(85)63-55-47-38-31-27-23-19-16-15-18-22-26-30-36-44-52-60-74(5)6)99-82(87)65-57-49-39-32-28-24-20-14-12-11-13-17-21-25-29-35-43-51-59-73(3)4/h73-79,84H,9-72H2,1-8H3,(H,89,90)(H,91,92)/t75?,76?,77-,78-,79-/m1/s1. The van der Waals surface area contributed by atoms with E-state index >= 15 is 0 Å². The molecule has 0 saturated heterocycles. The van der Waals surface area contributed by atoms with Gasteiger partial charge in [-0.25, -0.2) is 9.13 Å². The largest absolute Gasteiger partial charge is 0.472 e. The molecule has 17 nitrogen and oxygen atoms in total. The fraction of sp³-hybridized carbons (Fsp3) is 0.952. The molecular formula is C83H162O17P2. The van der Waals surface area contributed by atoms with E-state index in [9.17, 15) is 43.2 Å². The molecule has 0 aromatic rings. The molecule has 0 bridgehead atoms. The molecule has 0 aromatic carbocycles. The third-order valence-electron chi connectivity index (χ3n) is 20.0. The van der Waals surface area contributed by atoms with E-state index in [2.05, 4.69) is 55.4 Å². The van der Waals surface area contributed by atoms with Crippen LogP contribution < -0.4 is 0 Å². The summed E-state index contributed by atoms with van der Waals surface area (Å²) in [6.07, 6.45) is 59.8. The van der Waals surface area contributed by atoms with Crippen molar-refractivity contribution in [3.05, 3.63) is 0 Å². The topological polar surface area (TPSA) is 237 Å². The Morgan fingerprint density at radius 1 is 0.275 bits per heavy atom. The number of phosphoric ester groups is 2. The van der Waals surface area contributed by atoms with Gasteiger partial charge < -0.3 is 33.8 Å². The number of carbonyl (C=O) groups is 4. The maximum absolute atomic E-state index is 13.1. The molecule has 0 fully saturated rings. The first-order valence-corrected chi connectivity index (χ1v) is 45.8. The van der Waals surface area contributed by atoms with Gasteiger partial charge in [-0.05, 0) is 49.4 Å². The van der Waals surface area contributed by atoms with Crippen LogP contribution in [-0.2, 0) is 65.4 Å². The van der Waals surface area contributed by atoms with Gasteiger partial charge in [-0.3, -0.25) is 37.3 Å². The predicted octanol–water partition coefficient (Wildman–Crippen LogP) is 24.8. The normalized spacial score (nSPS) is 14.5. The number of carbonyl (C=O) groups excluding carboxylic acids is 4. The van der Waals surface area contributed by atoms with E-state index in [-0.39, 0.29) is 25.7 Å². The minimum Gasteiger partial charge on any atom is -0.462 e. The minimum absolute atomic E-state index is 0.104. The first-order chi connectivity index (χ1) is 49.2. The second-order valence-corrected chi connectivity index (χ2v) is 34.2. The Bertz CT molecular complexity index is 1990. The van der Waals surface area contributed by atoms with Crippen molar-refractivity contribution in [3.63, 3.8) is 0 Å². The number of ether oxygens (including phenoxy) is 4. The molecule has 0 rings (SSSR count). The van der Waals surface area contributed by atoms with Crippen molar-refractivity contribution >= 4 is 39.5 Å². The lowest BCUT2D eigenvalue weighted by molar-refractivity contribution is -0.161. The smallest absolute Gasteiger partial charge is 0.462 e. The summed E-state index contributed by atoms with van der Waals surface area (Å²) in [5.41, 5.74) is 0. The Hall–Kier alpha value is -1.94. The highest BCUT2D eigenvalue weighted by atomic mass is 31.2. The van der Waals surface area contributed by atoms with Crippen molar-refractivity contribution in [1.82, 2.24) is 0 Å². The molecule has 0 aliphatic rings. The summed E-state index contributed by atoms with van der Waals surface area (Å²) in [6, 6.07) is 0. The van der Waals surface area contributed by atoms with Gasteiger partial charge in [-0.1, -0.05) is 376 Å². The molecule has 0 amide bonds. The molecule has 7 atom stereocenters. The number of hydrogen-bond acceptors (Lipinski definition) is 15. The van der Waals surface area contributed by atoms with E-state index in [1.807, 2.05) is 0 Å². The second-order valence-electron chi connectivity index (χ2n) is 31.3. The monoisotopic (exact) mass is 1490 g/mol. The molecule has 0 aromatic heterocycles. The molecule has 19 heteroatoms. The molecule has 0 aliphatic heterocycles. The number of aliphatic hydroxyl groups is 1. The highest BCUT2D eigenvalue weighted by Gasteiger charge is 2.30. The number of hydrogen-bond donors (Lipinski definition) is 3. The van der Waals surface area contributed by atoms with Gasteiger partial charge in [0.05, 0.1) is 26.4 Å². The Morgan fingerprint density at radius 3 is 0.696 bits per heavy atom. The van der Waals surface area contributed by atoms with E-state index in [4.69, 9.17) is 37.0 Å². The SMILES string of the molecule is CCC(C)CCCCCCCCCCC(=O)O[C@H](COC(=O)CCCCCCCCC(C)CC)COP(=O)(O)OC[C@H](O)COP(=O)(O)OC[C@@H](COC(=O)CCCCCCCCCCCCCCCCCCC(C)C)OC(=O)CCCCCCCCCCCCCCCCCCCCC(C)C. The Balaban J connectivity index is 5.22. The van der Waals surface area contributed by atoms with Gasteiger partial charge >= 0.3 is 39.5 Å². The highest BCUT2D eigenvalue weighted by Crippen LogP contribution is 2.45. The van der Waals surface area contributed by atoms with Gasteiger partial charge in [-0.2, -0.15) is 0 Å². The number of aliphatic hydroxyl groups excluding tert-OH is 1. The van der Waals surface area contributed by atoms with Crippen molar-refractivity contribution in [2.45, 2.75) is 446 Å². The third kappa shape index (κ3) is 73.6. The van der Waals surface area contributed by atoms with Crippen LogP contribution in [-0.4, -0.2) is 96.7 Å². The van der Waals surface area contributed by atoms with Crippen molar-refractivity contribution < 1.29 is 80.2 Å². The molecule has 3 N–H and O–H groups in total. The summed E-state index contributed by atoms with van der Waals surface area (Å²) in [5.74, 6) is 1.02. The molecule has 0 spiro atoms. The van der Waals surface area contributed by atoms with Crippen LogP contribution in [0.4, 0.5) is 0 Å². The van der Waals surface area contributed by atoms with Crippen molar-refractivity contribution in [1.29, 1.82) is 0 Å². The molecule has 4 unspecified atom stereocenters. The van der Waals surface area contributed by atoms with Gasteiger partial charge in [0.2, 0.25) is 0 Å². The summed E-state index contributed by atoms with van der Waals surface area (Å²) in [5, 5.41) is 10.6. The Kier molecular flexibility index (Phi) is 70.6. The fourth-order valence-corrected chi connectivity index (χ4v) is 14.3. The van der Waals surface area contributed by atoms with Crippen LogP contribution in [0.3, 0.4) is 0 Å². The highest BCUT2D eigenvalue weighted by molar-refractivity contribution is 7.47. The summed E-state index contributed by atoms with van der Waals surface area (Å²) < 4.78 is 68.7. The Labute approximate surface area is 626 Å². The molecule has 102 heavy (non-hydrogen) atoms. The average Bonchev–Trinajstić information content (AvgIpc) is 0.904. The third-order valence-corrected chi connectivity index (χ3v) is 21.9. The molecule has 0 heterocycles. The summed E-state index contributed by atoms with van der Waals surface area (Å²) in [6.45, 7) is 14.3. The van der Waals surface area contributed by atoms with Crippen LogP contribution >= 0.6 is 15.6 Å². The molecule has 0 radical (unpaired) electrons. The minimum atomic E-state index is -4.96. The Morgan fingerprint density at radius 2 is 0.471 bits per heavy atom. The molecule has 0 saturated carbocycles. The van der Waals surface area contributed by atoms with Gasteiger partial charge in [0.25, 0.3) is 0 Å². The van der Waals surface area contributed by atoms with Crippen LogP contribution in [0, 0.1) is 23.7 Å². The fourth-order valence-electron chi connectivity index (χ4n) is 12.7. The van der Waals surface area contributed by atoms with Crippen molar-refractivity contribution in [3.8, 4) is 0 Å². The molecule has 606 valence electrons. The lowest BCUT2D eigenvalue weighted by Crippen LogP contribution is -2.30. The van der Waals surface area contributed by atoms with Gasteiger partial charge in [-0.15, -0.1) is 0 Å². The van der Waals surface area contributed by atoms with E-state index in [0.29, 0.717) is 25.7 Å². The van der Waals surface area contributed by atoms with Gasteiger partial charge in [0.1, 0.15) is 19.3 Å². The summed E-state index contributed by atoms with van der Waals surface area (Å²) >= 11 is 0. The van der Waals surface area contributed by atoms with E-state index in [0.717, 1.165) is 120 Å². The number of esters is 4. The van der Waals surface area contributed by atoms with Crippen LogP contribution in [0.25, 0.3) is 0 Å². The quantitative estimate of drug-likeness (QED) is 0.0222. The van der Waals surface area contributed by atoms with Gasteiger partial charge in [0, 0.05) is 25.7 Å². The number of rotatable bonds is 80. The zero-order valence-electron chi connectivity index (χ0n) is 67.2. The van der Waals surface area contributed by atoms with Crippen molar-refractivity contribution in [2.75, 3.05) is 39.6 Å². The lowest BCUT2D eigenvalue weighted by atomic mass is 9.99. The van der Waals surface area contributed by atoms with Crippen LogP contribution in [0.5, 0.6) is 0 Å². The van der Waals surface area contributed by atoms with E-state index in [1.54, 1.807) is 0 Å². The first kappa shape index (κ1) is 100. The lowest BCUT2D eigenvalue weighted by Gasteiger charge is -2.21.